The monoisotopic (exact) mass is 414 g/mol. The average Bonchev–Trinajstić information content (AvgIpc) is 3.31. The van der Waals surface area contributed by atoms with Gasteiger partial charge in [-0.3, -0.25) is 34.3 Å². The first-order valence-corrected chi connectivity index (χ1v) is 9.99. The zero-order chi connectivity index (χ0) is 20.5. The smallest absolute Gasteiger partial charge is 0.270 e. The van der Waals surface area contributed by atoms with Gasteiger partial charge in [-0.25, -0.2) is 0 Å². The van der Waals surface area contributed by atoms with E-state index in [2.05, 4.69) is 11.0 Å². The first-order chi connectivity index (χ1) is 13.9. The van der Waals surface area contributed by atoms with Gasteiger partial charge >= 0.3 is 0 Å². The molecule has 10 heteroatoms. The second-order valence-corrected chi connectivity index (χ2v) is 7.95. The zero-order valence-corrected chi connectivity index (χ0v) is 16.3. The van der Waals surface area contributed by atoms with Crippen molar-refractivity contribution in [3.05, 3.63) is 61.8 Å². The Morgan fingerprint density at radius 1 is 1.07 bits per heavy atom. The Kier molecular flexibility index (Phi) is 5.12. The van der Waals surface area contributed by atoms with Crippen LogP contribution in [-0.2, 0) is 11.3 Å². The molecule has 3 heterocycles. The summed E-state index contributed by atoms with van der Waals surface area (Å²) in [6, 6.07) is 7.62. The van der Waals surface area contributed by atoms with E-state index in [1.54, 1.807) is 16.2 Å². The van der Waals surface area contributed by atoms with E-state index in [1.165, 1.54) is 17.0 Å². The van der Waals surface area contributed by atoms with Gasteiger partial charge in [-0.2, -0.15) is 0 Å². The van der Waals surface area contributed by atoms with Crippen molar-refractivity contribution in [3.63, 3.8) is 0 Å². The Bertz CT molecular complexity index is 982. The van der Waals surface area contributed by atoms with Crippen LogP contribution in [-0.4, -0.2) is 70.1 Å². The molecular formula is C19H18N4O5S. The number of fused-ring (bicyclic) bond motifs is 1. The van der Waals surface area contributed by atoms with Gasteiger partial charge in [0, 0.05) is 49.7 Å². The SMILES string of the molecule is O=C(CN1C(=O)c2ccc([N+](=O)[O-])cc2C1=O)N1CCN(Cc2cccs2)CC1. The number of carbonyl (C=O) groups is 3. The van der Waals surface area contributed by atoms with Crippen LogP contribution in [0.15, 0.2) is 35.7 Å². The van der Waals surface area contributed by atoms with Crippen LogP contribution in [0, 0.1) is 10.1 Å². The van der Waals surface area contributed by atoms with E-state index in [0.717, 1.165) is 30.6 Å². The Labute approximate surface area is 170 Å². The van der Waals surface area contributed by atoms with Crippen LogP contribution in [0.4, 0.5) is 5.69 Å². The minimum Gasteiger partial charge on any atom is -0.339 e. The number of non-ortho nitro benzene ring substituents is 1. The number of hydrogen-bond donors (Lipinski definition) is 0. The van der Waals surface area contributed by atoms with Crippen molar-refractivity contribution in [1.29, 1.82) is 0 Å². The molecule has 1 saturated heterocycles. The number of amides is 3. The Morgan fingerprint density at radius 2 is 1.79 bits per heavy atom. The van der Waals surface area contributed by atoms with Crippen LogP contribution >= 0.6 is 11.3 Å². The molecule has 0 aliphatic carbocycles. The number of nitro groups is 1. The lowest BCUT2D eigenvalue weighted by Crippen LogP contribution is -2.51. The Morgan fingerprint density at radius 3 is 2.45 bits per heavy atom. The molecule has 9 nitrogen and oxygen atoms in total. The van der Waals surface area contributed by atoms with Crippen LogP contribution in [0.2, 0.25) is 0 Å². The second-order valence-electron chi connectivity index (χ2n) is 6.92. The van der Waals surface area contributed by atoms with Gasteiger partial charge in [0.15, 0.2) is 0 Å². The van der Waals surface area contributed by atoms with Gasteiger partial charge in [-0.15, -0.1) is 11.3 Å². The van der Waals surface area contributed by atoms with Gasteiger partial charge < -0.3 is 4.90 Å². The molecule has 2 aromatic rings. The third-order valence-electron chi connectivity index (χ3n) is 5.14. The van der Waals surface area contributed by atoms with Crippen LogP contribution in [0.5, 0.6) is 0 Å². The quantitative estimate of drug-likeness (QED) is 0.418. The fourth-order valence-electron chi connectivity index (χ4n) is 3.55. The summed E-state index contributed by atoms with van der Waals surface area (Å²) in [4.78, 5) is 54.0. The van der Waals surface area contributed by atoms with Crippen molar-refractivity contribution in [2.45, 2.75) is 6.54 Å². The maximum Gasteiger partial charge on any atom is 0.270 e. The maximum atomic E-state index is 12.7. The molecule has 0 N–H and O–H groups in total. The minimum atomic E-state index is -0.668. The first kappa shape index (κ1) is 19.2. The molecule has 1 aromatic heterocycles. The molecule has 0 saturated carbocycles. The van der Waals surface area contributed by atoms with Crippen LogP contribution in [0.3, 0.4) is 0 Å². The third-order valence-corrected chi connectivity index (χ3v) is 6.00. The van der Waals surface area contributed by atoms with Crippen LogP contribution in [0.1, 0.15) is 25.6 Å². The van der Waals surface area contributed by atoms with Crippen LogP contribution < -0.4 is 0 Å². The number of hydrogen-bond acceptors (Lipinski definition) is 7. The van der Waals surface area contributed by atoms with E-state index in [-0.39, 0.29) is 29.3 Å². The third kappa shape index (κ3) is 3.76. The van der Waals surface area contributed by atoms with Crippen molar-refractivity contribution >= 4 is 34.7 Å². The highest BCUT2D eigenvalue weighted by atomic mass is 32.1. The summed E-state index contributed by atoms with van der Waals surface area (Å²) in [6.07, 6.45) is 0. The van der Waals surface area contributed by atoms with Gasteiger partial charge in [-0.1, -0.05) is 6.07 Å². The van der Waals surface area contributed by atoms with E-state index in [0.29, 0.717) is 13.1 Å². The summed E-state index contributed by atoms with van der Waals surface area (Å²) in [5.74, 6) is -1.56. The number of imide groups is 1. The van der Waals surface area contributed by atoms with Crippen molar-refractivity contribution in [2.24, 2.45) is 0 Å². The summed E-state index contributed by atoms with van der Waals surface area (Å²) in [5, 5.41) is 12.9. The van der Waals surface area contributed by atoms with Gasteiger partial charge in [0.2, 0.25) is 5.91 Å². The predicted octanol–water partition coefficient (Wildman–Crippen LogP) is 1.60. The number of piperazine rings is 1. The Hall–Kier alpha value is -3.11. The summed E-state index contributed by atoms with van der Waals surface area (Å²) < 4.78 is 0. The van der Waals surface area contributed by atoms with E-state index < -0.39 is 16.7 Å². The lowest BCUT2D eigenvalue weighted by Gasteiger charge is -2.35. The number of carbonyl (C=O) groups excluding carboxylic acids is 3. The number of thiophene rings is 1. The fourth-order valence-corrected chi connectivity index (χ4v) is 4.30. The highest BCUT2D eigenvalue weighted by Gasteiger charge is 2.38. The van der Waals surface area contributed by atoms with E-state index in [9.17, 15) is 24.5 Å². The predicted molar refractivity (Wildman–Crippen MR) is 105 cm³/mol. The normalized spacial score (nSPS) is 17.0. The molecule has 0 atom stereocenters. The summed E-state index contributed by atoms with van der Waals surface area (Å²) >= 11 is 1.70. The summed E-state index contributed by atoms with van der Waals surface area (Å²) in [5.41, 5.74) is -0.202. The van der Waals surface area contributed by atoms with Crippen molar-refractivity contribution in [1.82, 2.24) is 14.7 Å². The molecule has 2 aliphatic heterocycles. The van der Waals surface area contributed by atoms with E-state index in [4.69, 9.17) is 0 Å². The minimum absolute atomic E-state index is 0.0298. The molecule has 1 aromatic carbocycles. The van der Waals surface area contributed by atoms with Crippen molar-refractivity contribution in [3.8, 4) is 0 Å². The standard InChI is InChI=1S/C19H18N4O5S/c24-17(21-7-5-20(6-8-21)11-14-2-1-9-29-14)12-22-18(25)15-4-3-13(23(27)28)10-16(15)19(22)26/h1-4,9-10H,5-8,11-12H2. The van der Waals surface area contributed by atoms with Gasteiger partial charge in [0.1, 0.15) is 6.54 Å². The zero-order valence-electron chi connectivity index (χ0n) is 15.4. The number of nitro benzene ring substituents is 1. The molecule has 0 bridgehead atoms. The number of rotatable bonds is 5. The van der Waals surface area contributed by atoms with Gasteiger partial charge in [0.05, 0.1) is 16.1 Å². The largest absolute Gasteiger partial charge is 0.339 e. The number of nitrogens with zero attached hydrogens (tertiary/aromatic N) is 4. The van der Waals surface area contributed by atoms with E-state index >= 15 is 0 Å². The van der Waals surface area contributed by atoms with E-state index in [1.807, 2.05) is 11.4 Å². The first-order valence-electron chi connectivity index (χ1n) is 9.11. The number of benzene rings is 1. The summed E-state index contributed by atoms with van der Waals surface area (Å²) in [6.45, 7) is 2.98. The molecular weight excluding hydrogens is 396 g/mol. The maximum absolute atomic E-state index is 12.7. The average molecular weight is 414 g/mol. The summed E-state index contributed by atoms with van der Waals surface area (Å²) in [7, 11) is 0. The van der Waals surface area contributed by atoms with Crippen molar-refractivity contribution in [2.75, 3.05) is 32.7 Å². The molecule has 0 radical (unpaired) electrons. The van der Waals surface area contributed by atoms with Crippen LogP contribution in [0.25, 0.3) is 0 Å². The van der Waals surface area contributed by atoms with Crippen molar-refractivity contribution < 1.29 is 19.3 Å². The molecule has 29 heavy (non-hydrogen) atoms. The molecule has 3 amide bonds. The fraction of sp³-hybridized carbons (Fsp3) is 0.316. The van der Waals surface area contributed by atoms with Gasteiger partial charge in [-0.05, 0) is 17.5 Å². The lowest BCUT2D eigenvalue weighted by molar-refractivity contribution is -0.384. The van der Waals surface area contributed by atoms with Gasteiger partial charge in [0.25, 0.3) is 17.5 Å². The second kappa shape index (κ2) is 7.72. The highest BCUT2D eigenvalue weighted by Crippen LogP contribution is 2.26. The lowest BCUT2D eigenvalue weighted by atomic mass is 10.1. The topological polar surface area (TPSA) is 104 Å². The molecule has 0 unspecified atom stereocenters. The molecule has 0 spiro atoms. The Balaban J connectivity index is 1.37. The molecule has 1 fully saturated rings. The molecule has 4 rings (SSSR count). The molecule has 2 aliphatic rings. The highest BCUT2D eigenvalue weighted by molar-refractivity contribution is 7.09. The molecule has 150 valence electrons.